The fraction of sp³-hybridized carbons (Fsp3) is 0.0385. The van der Waals surface area contributed by atoms with Crippen LogP contribution < -0.4 is 4.90 Å². The third-order valence-corrected chi connectivity index (χ3v) is 11.4. The molecule has 3 heteroatoms. The van der Waals surface area contributed by atoms with Crippen LogP contribution in [0.1, 0.15) is 34.2 Å². The van der Waals surface area contributed by atoms with Gasteiger partial charge in [0.25, 0.3) is 0 Å². The van der Waals surface area contributed by atoms with Gasteiger partial charge < -0.3 is 4.90 Å². The van der Waals surface area contributed by atoms with Crippen LogP contribution in [-0.2, 0) is 0 Å². The average molecular weight is 702 g/mol. The Morgan fingerprint density at radius 3 is 1.98 bits per heavy atom. The lowest BCUT2D eigenvalue weighted by Crippen LogP contribution is -2.30. The van der Waals surface area contributed by atoms with Crippen LogP contribution in [0, 0.1) is 0 Å². The number of nitrogens with zero attached hydrogens (tertiary/aromatic N) is 3. The monoisotopic (exact) mass is 701 g/mol. The fourth-order valence-corrected chi connectivity index (χ4v) is 8.76. The van der Waals surface area contributed by atoms with Gasteiger partial charge in [0, 0.05) is 22.5 Å². The maximum atomic E-state index is 5.67. The standard InChI is InChI=1S/C52H35N3/c1-2-12-34(13-3-1)36-26-29-41(30-27-36)55-42-18-10-17-39(33-42)49-50(40-25-24-35-14-4-5-16-38(35)32-40)53-52(54-51(49)47-20-8-9-23-48(47)55)46-22-11-21-44-43-19-7-6-15-37(43)28-31-45(44)46/h1-33,49-50H. The van der Waals surface area contributed by atoms with Crippen LogP contribution in [0.15, 0.2) is 210 Å². The van der Waals surface area contributed by atoms with E-state index in [4.69, 9.17) is 9.98 Å². The Bertz CT molecular complexity index is 3000. The number of rotatable bonds is 4. The highest BCUT2D eigenvalue weighted by Crippen LogP contribution is 2.48. The molecular formula is C52H35N3. The molecule has 2 bridgehead atoms. The van der Waals surface area contributed by atoms with Crippen LogP contribution in [0.3, 0.4) is 0 Å². The highest BCUT2D eigenvalue weighted by molar-refractivity contribution is 6.23. The van der Waals surface area contributed by atoms with E-state index in [1.807, 2.05) is 0 Å². The largest absolute Gasteiger partial charge is 0.310 e. The van der Waals surface area contributed by atoms with E-state index in [1.165, 1.54) is 49.2 Å². The van der Waals surface area contributed by atoms with E-state index in [-0.39, 0.29) is 12.0 Å². The van der Waals surface area contributed by atoms with Gasteiger partial charge in [-0.1, -0.05) is 164 Å². The van der Waals surface area contributed by atoms with Gasteiger partial charge in [0.1, 0.15) is 0 Å². The molecule has 0 spiro atoms. The zero-order valence-corrected chi connectivity index (χ0v) is 30.0. The first-order chi connectivity index (χ1) is 27.3. The lowest BCUT2D eigenvalue weighted by Gasteiger charge is -2.37. The van der Waals surface area contributed by atoms with Crippen molar-refractivity contribution in [1.82, 2.24) is 0 Å². The second-order valence-electron chi connectivity index (χ2n) is 14.5. The summed E-state index contributed by atoms with van der Waals surface area (Å²) in [7, 11) is 0. The molecule has 2 heterocycles. The van der Waals surface area contributed by atoms with Crippen LogP contribution in [0.2, 0.25) is 0 Å². The van der Waals surface area contributed by atoms with Gasteiger partial charge in [-0.2, -0.15) is 0 Å². The molecule has 11 rings (SSSR count). The first-order valence-corrected chi connectivity index (χ1v) is 19.0. The van der Waals surface area contributed by atoms with Gasteiger partial charge >= 0.3 is 0 Å². The summed E-state index contributed by atoms with van der Waals surface area (Å²) in [5.74, 6) is 0.653. The Kier molecular flexibility index (Phi) is 7.31. The zero-order valence-electron chi connectivity index (χ0n) is 30.0. The smallest absolute Gasteiger partial charge is 0.156 e. The molecule has 3 nitrogen and oxygen atoms in total. The lowest BCUT2D eigenvalue weighted by molar-refractivity contribution is 0.666. The molecule has 0 aromatic heterocycles. The van der Waals surface area contributed by atoms with E-state index in [9.17, 15) is 0 Å². The minimum Gasteiger partial charge on any atom is -0.310 e. The Morgan fingerprint density at radius 2 is 1.09 bits per heavy atom. The molecule has 2 aliphatic heterocycles. The molecule has 0 saturated carbocycles. The van der Waals surface area contributed by atoms with E-state index >= 15 is 0 Å². The Labute approximate surface area is 320 Å². The van der Waals surface area contributed by atoms with Crippen LogP contribution in [-0.4, -0.2) is 11.5 Å². The van der Waals surface area contributed by atoms with Crippen molar-refractivity contribution in [1.29, 1.82) is 0 Å². The van der Waals surface area contributed by atoms with Gasteiger partial charge in [-0.25, -0.2) is 4.99 Å². The molecule has 0 saturated heterocycles. The molecule has 0 radical (unpaired) electrons. The molecule has 2 unspecified atom stereocenters. The number of anilines is 3. The molecule has 2 atom stereocenters. The van der Waals surface area contributed by atoms with Crippen molar-refractivity contribution < 1.29 is 0 Å². The van der Waals surface area contributed by atoms with Gasteiger partial charge in [-0.15, -0.1) is 0 Å². The minimum absolute atomic E-state index is 0.107. The van der Waals surface area contributed by atoms with Gasteiger partial charge in [0.2, 0.25) is 0 Å². The molecule has 55 heavy (non-hydrogen) atoms. The van der Waals surface area contributed by atoms with E-state index in [2.05, 4.69) is 205 Å². The number of hydrogen-bond acceptors (Lipinski definition) is 3. The first-order valence-electron chi connectivity index (χ1n) is 19.0. The summed E-state index contributed by atoms with van der Waals surface area (Å²) in [6.07, 6.45) is 0. The summed E-state index contributed by atoms with van der Waals surface area (Å²) in [6.45, 7) is 0. The molecular weight excluding hydrogens is 667 g/mol. The summed E-state index contributed by atoms with van der Waals surface area (Å²) in [5.41, 5.74) is 11.3. The molecule has 258 valence electrons. The van der Waals surface area contributed by atoms with Crippen LogP contribution in [0.4, 0.5) is 17.1 Å². The number of amidine groups is 1. The van der Waals surface area contributed by atoms with Crippen molar-refractivity contribution in [3.8, 4) is 11.1 Å². The highest BCUT2D eigenvalue weighted by atomic mass is 15.1. The summed E-state index contributed by atoms with van der Waals surface area (Å²) in [5, 5.41) is 7.25. The van der Waals surface area contributed by atoms with Crippen molar-refractivity contribution in [2.45, 2.75) is 12.0 Å². The second kappa shape index (κ2) is 12.8. The van der Waals surface area contributed by atoms with Crippen LogP contribution >= 0.6 is 0 Å². The van der Waals surface area contributed by atoms with E-state index in [1.54, 1.807) is 0 Å². The van der Waals surface area contributed by atoms with E-state index in [0.717, 1.165) is 45.1 Å². The second-order valence-corrected chi connectivity index (χ2v) is 14.5. The summed E-state index contributed by atoms with van der Waals surface area (Å²) in [6, 6.07) is 72.1. The third kappa shape index (κ3) is 5.27. The van der Waals surface area contributed by atoms with E-state index < -0.39 is 0 Å². The van der Waals surface area contributed by atoms with Crippen molar-refractivity contribution in [3.05, 3.63) is 222 Å². The summed E-state index contributed by atoms with van der Waals surface area (Å²) >= 11 is 0. The van der Waals surface area contributed by atoms with Crippen LogP contribution in [0.25, 0.3) is 43.4 Å². The molecule has 0 aliphatic carbocycles. The van der Waals surface area contributed by atoms with Crippen molar-refractivity contribution >= 4 is 60.9 Å². The van der Waals surface area contributed by atoms with Gasteiger partial charge in [0.05, 0.1) is 23.4 Å². The maximum Gasteiger partial charge on any atom is 0.156 e. The lowest BCUT2D eigenvalue weighted by atomic mass is 9.78. The normalized spacial score (nSPS) is 16.2. The number of benzene rings is 9. The van der Waals surface area contributed by atoms with Crippen molar-refractivity contribution in [2.75, 3.05) is 4.90 Å². The fourth-order valence-electron chi connectivity index (χ4n) is 8.76. The number of para-hydroxylation sites is 1. The van der Waals surface area contributed by atoms with Gasteiger partial charge in [-0.05, 0) is 91.0 Å². The zero-order chi connectivity index (χ0) is 36.3. The topological polar surface area (TPSA) is 28.0 Å². The van der Waals surface area contributed by atoms with E-state index in [0.29, 0.717) is 0 Å². The third-order valence-electron chi connectivity index (χ3n) is 11.4. The predicted octanol–water partition coefficient (Wildman–Crippen LogP) is 13.4. The van der Waals surface area contributed by atoms with Gasteiger partial charge in [-0.3, -0.25) is 4.99 Å². The molecule has 9 aromatic carbocycles. The predicted molar refractivity (Wildman–Crippen MR) is 231 cm³/mol. The number of fused-ring (bicyclic) bond motifs is 10. The average Bonchev–Trinajstić information content (AvgIpc) is 3.26. The summed E-state index contributed by atoms with van der Waals surface area (Å²) < 4.78 is 0. The highest BCUT2D eigenvalue weighted by Gasteiger charge is 2.38. The molecule has 2 aliphatic rings. The number of aliphatic imine (C=N–C) groups is 2. The van der Waals surface area contributed by atoms with Crippen LogP contribution in [0.5, 0.6) is 0 Å². The van der Waals surface area contributed by atoms with Gasteiger partial charge in [0.15, 0.2) is 5.84 Å². The Balaban J connectivity index is 1.15. The number of hydrogen-bond donors (Lipinski definition) is 0. The minimum atomic E-state index is -0.206. The Morgan fingerprint density at radius 1 is 0.400 bits per heavy atom. The molecule has 0 N–H and O–H groups in total. The quantitative estimate of drug-likeness (QED) is 0.168. The van der Waals surface area contributed by atoms with Crippen molar-refractivity contribution in [3.63, 3.8) is 0 Å². The molecule has 0 fully saturated rings. The molecule has 0 amide bonds. The Hall–Kier alpha value is -7.10. The maximum absolute atomic E-state index is 5.67. The first kappa shape index (κ1) is 31.4. The molecule has 9 aromatic rings. The SMILES string of the molecule is c1ccc(-c2ccc(N3c4cccc(c4)C4C(=NC(c5cccc6c5ccc5ccccc56)=NC4c4ccc5ccccc5c4)c4ccccc43)cc2)cc1. The summed E-state index contributed by atoms with van der Waals surface area (Å²) in [4.78, 5) is 13.7. The van der Waals surface area contributed by atoms with Crippen molar-refractivity contribution in [2.24, 2.45) is 9.98 Å².